The molecule has 21 heavy (non-hydrogen) atoms. The average molecular weight is 283 g/mol. The molecule has 0 aliphatic carbocycles. The summed E-state index contributed by atoms with van der Waals surface area (Å²) < 4.78 is 5.65. The van der Waals surface area contributed by atoms with E-state index in [-0.39, 0.29) is 5.78 Å². The van der Waals surface area contributed by atoms with Crippen LogP contribution in [0.2, 0.25) is 0 Å². The van der Waals surface area contributed by atoms with E-state index in [1.54, 1.807) is 24.3 Å². The molecule has 0 radical (unpaired) electrons. The van der Waals surface area contributed by atoms with E-state index in [0.29, 0.717) is 17.9 Å². The van der Waals surface area contributed by atoms with Gasteiger partial charge in [-0.05, 0) is 29.8 Å². The zero-order valence-corrected chi connectivity index (χ0v) is 11.8. The summed E-state index contributed by atoms with van der Waals surface area (Å²) in [5.41, 5.74) is 1.63. The molecule has 0 aromatic heterocycles. The largest absolute Gasteiger partial charge is 0.489 e. The Bertz CT molecular complexity index is 604. The van der Waals surface area contributed by atoms with Crippen molar-refractivity contribution in [2.24, 2.45) is 0 Å². The summed E-state index contributed by atoms with van der Waals surface area (Å²) in [5.74, 6) is 0.532. The van der Waals surface area contributed by atoms with E-state index in [0.717, 1.165) is 10.6 Å². The fraction of sp³-hybridized carbons (Fsp3) is 0.118. The lowest BCUT2D eigenvalue weighted by Crippen LogP contribution is -2.04. The molecule has 2 rings (SSSR count). The lowest BCUT2D eigenvalue weighted by atomic mass is 10.1. The van der Waals surface area contributed by atoms with Crippen LogP contribution in [0.25, 0.3) is 0 Å². The quantitative estimate of drug-likeness (QED) is 0.502. The molecule has 0 heterocycles. The van der Waals surface area contributed by atoms with Crippen molar-refractivity contribution in [3.63, 3.8) is 0 Å². The summed E-state index contributed by atoms with van der Waals surface area (Å²) in [4.78, 5) is 11.8. The molecule has 0 unspecified atom stereocenters. The highest BCUT2D eigenvalue weighted by atomic mass is 16.5. The Kier molecular flexibility index (Phi) is 5.12. The van der Waals surface area contributed by atoms with E-state index in [1.807, 2.05) is 30.3 Å². The third-order valence-electron chi connectivity index (χ3n) is 2.83. The third-order valence-corrected chi connectivity index (χ3v) is 2.83. The number of allylic oxidation sites excluding steroid dienone is 1. The predicted molar refractivity (Wildman–Crippen MR) is 80.2 cm³/mol. The van der Waals surface area contributed by atoms with Crippen LogP contribution in [0.3, 0.4) is 0 Å². The number of hydrogen-bond donors (Lipinski definition) is 1. The van der Waals surface area contributed by atoms with Crippen molar-refractivity contribution in [2.75, 3.05) is 7.05 Å². The molecule has 0 atom stereocenters. The first-order chi connectivity index (χ1) is 10.1. The second-order valence-electron chi connectivity index (χ2n) is 4.55. The van der Waals surface area contributed by atoms with Gasteiger partial charge in [-0.1, -0.05) is 30.3 Å². The minimum absolute atomic E-state index is 0.175. The Morgan fingerprint density at radius 3 is 2.43 bits per heavy atom. The maximum atomic E-state index is 11.8. The molecule has 0 saturated carbocycles. The number of ether oxygens (including phenoxy) is 1. The van der Waals surface area contributed by atoms with Crippen LogP contribution in [0, 0.1) is 0 Å². The molecular formula is C17H17NO3. The van der Waals surface area contributed by atoms with Crippen molar-refractivity contribution in [3.05, 3.63) is 78.0 Å². The van der Waals surface area contributed by atoms with Crippen molar-refractivity contribution >= 4 is 5.78 Å². The van der Waals surface area contributed by atoms with E-state index in [4.69, 9.17) is 9.94 Å². The molecule has 1 N–H and O–H groups in total. The summed E-state index contributed by atoms with van der Waals surface area (Å²) in [6, 6.07) is 16.8. The van der Waals surface area contributed by atoms with Gasteiger partial charge in [-0.25, -0.2) is 0 Å². The molecule has 0 spiro atoms. The molecule has 2 aromatic carbocycles. The summed E-state index contributed by atoms with van der Waals surface area (Å²) in [6.45, 7) is 0.489. The van der Waals surface area contributed by atoms with Gasteiger partial charge < -0.3 is 4.74 Å². The minimum atomic E-state index is -0.175. The molecule has 0 fully saturated rings. The maximum absolute atomic E-state index is 11.8. The van der Waals surface area contributed by atoms with Crippen molar-refractivity contribution < 1.29 is 14.7 Å². The SMILES string of the molecule is CN(O)/C=C/C(=O)c1ccc(OCc2ccccc2)cc1. The second-order valence-corrected chi connectivity index (χ2v) is 4.55. The van der Waals surface area contributed by atoms with Crippen LogP contribution in [-0.4, -0.2) is 23.1 Å². The lowest BCUT2D eigenvalue weighted by Gasteiger charge is -2.06. The first-order valence-electron chi connectivity index (χ1n) is 6.56. The van der Waals surface area contributed by atoms with E-state index in [2.05, 4.69) is 0 Å². The van der Waals surface area contributed by atoms with Gasteiger partial charge >= 0.3 is 0 Å². The van der Waals surface area contributed by atoms with Crippen LogP contribution in [0.1, 0.15) is 15.9 Å². The molecule has 0 bridgehead atoms. The minimum Gasteiger partial charge on any atom is -0.489 e. The number of rotatable bonds is 6. The Balaban J connectivity index is 1.94. The molecule has 2 aromatic rings. The van der Waals surface area contributed by atoms with Gasteiger partial charge in [0.05, 0.1) is 0 Å². The van der Waals surface area contributed by atoms with Gasteiger partial charge in [0, 0.05) is 24.9 Å². The van der Waals surface area contributed by atoms with Gasteiger partial charge in [0.1, 0.15) is 12.4 Å². The van der Waals surface area contributed by atoms with Crippen LogP contribution in [0.15, 0.2) is 66.9 Å². The number of carbonyl (C=O) groups excluding carboxylic acids is 1. The van der Waals surface area contributed by atoms with Crippen LogP contribution in [0.5, 0.6) is 5.75 Å². The maximum Gasteiger partial charge on any atom is 0.187 e. The van der Waals surface area contributed by atoms with Gasteiger partial charge in [-0.15, -0.1) is 0 Å². The number of carbonyl (C=O) groups is 1. The van der Waals surface area contributed by atoms with E-state index in [9.17, 15) is 4.79 Å². The van der Waals surface area contributed by atoms with Crippen molar-refractivity contribution in [3.8, 4) is 5.75 Å². The Morgan fingerprint density at radius 2 is 1.81 bits per heavy atom. The monoisotopic (exact) mass is 283 g/mol. The zero-order chi connectivity index (χ0) is 15.1. The van der Waals surface area contributed by atoms with Crippen molar-refractivity contribution in [1.29, 1.82) is 0 Å². The topological polar surface area (TPSA) is 49.8 Å². The first kappa shape index (κ1) is 14.8. The number of benzene rings is 2. The summed E-state index contributed by atoms with van der Waals surface area (Å²) in [6.07, 6.45) is 2.60. The fourth-order valence-corrected chi connectivity index (χ4v) is 1.73. The first-order valence-corrected chi connectivity index (χ1v) is 6.56. The zero-order valence-electron chi connectivity index (χ0n) is 11.8. The fourth-order valence-electron chi connectivity index (χ4n) is 1.73. The van der Waals surface area contributed by atoms with Gasteiger partial charge in [0.15, 0.2) is 5.78 Å². The van der Waals surface area contributed by atoms with Crippen LogP contribution < -0.4 is 4.74 Å². The lowest BCUT2D eigenvalue weighted by molar-refractivity contribution is -0.0130. The van der Waals surface area contributed by atoms with Crippen LogP contribution in [0.4, 0.5) is 0 Å². The van der Waals surface area contributed by atoms with Gasteiger partial charge in [-0.3, -0.25) is 15.1 Å². The molecule has 4 nitrogen and oxygen atoms in total. The number of hydroxylamine groups is 2. The highest BCUT2D eigenvalue weighted by Crippen LogP contribution is 2.15. The van der Waals surface area contributed by atoms with E-state index >= 15 is 0 Å². The standard InChI is InChI=1S/C17H17NO3/c1-18(20)12-11-17(19)15-7-9-16(10-8-15)21-13-14-5-3-2-4-6-14/h2-12,20H,13H2,1H3/b12-11+. The van der Waals surface area contributed by atoms with Gasteiger partial charge in [0.25, 0.3) is 0 Å². The summed E-state index contributed by atoms with van der Waals surface area (Å²) >= 11 is 0. The second kappa shape index (κ2) is 7.26. The highest BCUT2D eigenvalue weighted by molar-refractivity contribution is 6.04. The normalized spacial score (nSPS) is 10.6. The molecule has 0 aliphatic heterocycles. The Hall–Kier alpha value is -2.59. The molecule has 0 saturated heterocycles. The summed E-state index contributed by atoms with van der Waals surface area (Å²) in [5, 5.41) is 9.77. The van der Waals surface area contributed by atoms with Crippen molar-refractivity contribution in [2.45, 2.75) is 6.61 Å². The summed E-state index contributed by atoms with van der Waals surface area (Å²) in [7, 11) is 1.43. The number of ketones is 1. The van der Waals surface area contributed by atoms with Crippen molar-refractivity contribution in [1.82, 2.24) is 5.06 Å². The number of nitrogens with zero attached hydrogens (tertiary/aromatic N) is 1. The van der Waals surface area contributed by atoms with E-state index < -0.39 is 0 Å². The van der Waals surface area contributed by atoms with E-state index in [1.165, 1.54) is 19.3 Å². The molecule has 0 amide bonds. The highest BCUT2D eigenvalue weighted by Gasteiger charge is 2.02. The van der Waals surface area contributed by atoms with Gasteiger partial charge in [0.2, 0.25) is 0 Å². The Labute approximate surface area is 123 Å². The smallest absolute Gasteiger partial charge is 0.187 e. The molecular weight excluding hydrogens is 266 g/mol. The van der Waals surface area contributed by atoms with Gasteiger partial charge in [-0.2, -0.15) is 0 Å². The molecule has 0 aliphatic rings. The molecule has 4 heteroatoms. The third kappa shape index (κ3) is 4.78. The van der Waals surface area contributed by atoms with Crippen LogP contribution in [-0.2, 0) is 6.61 Å². The average Bonchev–Trinajstić information content (AvgIpc) is 2.52. The Morgan fingerprint density at radius 1 is 1.14 bits per heavy atom. The number of hydrogen-bond acceptors (Lipinski definition) is 4. The predicted octanol–water partition coefficient (Wildman–Crippen LogP) is 3.28. The molecule has 108 valence electrons. The van der Waals surface area contributed by atoms with Crippen LogP contribution >= 0.6 is 0 Å².